The SMILES string of the molecule is CCOC(=O)c1cccn1CCC1CCCCN1C. The molecular formula is C15H24N2O2. The minimum absolute atomic E-state index is 0.218. The third kappa shape index (κ3) is 3.60. The number of likely N-dealkylation sites (tertiary alicyclic amines) is 1. The van der Waals surface area contributed by atoms with Crippen molar-refractivity contribution < 1.29 is 9.53 Å². The van der Waals surface area contributed by atoms with Gasteiger partial charge in [0.2, 0.25) is 0 Å². The number of piperidine rings is 1. The molecule has 106 valence electrons. The van der Waals surface area contributed by atoms with E-state index in [9.17, 15) is 4.79 Å². The number of aromatic nitrogens is 1. The molecule has 0 radical (unpaired) electrons. The summed E-state index contributed by atoms with van der Waals surface area (Å²) in [5.41, 5.74) is 0.667. The van der Waals surface area contributed by atoms with Crippen molar-refractivity contribution in [1.29, 1.82) is 0 Å². The molecule has 2 rings (SSSR count). The topological polar surface area (TPSA) is 34.5 Å². The highest BCUT2D eigenvalue weighted by Gasteiger charge is 2.19. The first-order chi connectivity index (χ1) is 9.22. The van der Waals surface area contributed by atoms with Crippen LogP contribution in [0, 0.1) is 0 Å². The van der Waals surface area contributed by atoms with E-state index in [0.29, 0.717) is 18.3 Å². The minimum atomic E-state index is -0.218. The zero-order chi connectivity index (χ0) is 13.7. The van der Waals surface area contributed by atoms with Gasteiger partial charge in [0.1, 0.15) is 5.69 Å². The fourth-order valence-electron chi connectivity index (χ4n) is 2.80. The minimum Gasteiger partial charge on any atom is -0.461 e. The summed E-state index contributed by atoms with van der Waals surface area (Å²) < 4.78 is 7.08. The zero-order valence-corrected chi connectivity index (χ0v) is 12.0. The number of carbonyl (C=O) groups is 1. The number of carbonyl (C=O) groups excluding carboxylic acids is 1. The van der Waals surface area contributed by atoms with E-state index in [2.05, 4.69) is 11.9 Å². The lowest BCUT2D eigenvalue weighted by Crippen LogP contribution is -2.36. The van der Waals surface area contributed by atoms with Crippen LogP contribution >= 0.6 is 0 Å². The van der Waals surface area contributed by atoms with Crippen molar-refractivity contribution in [3.8, 4) is 0 Å². The van der Waals surface area contributed by atoms with Crippen LogP contribution < -0.4 is 0 Å². The molecule has 0 aliphatic carbocycles. The molecular weight excluding hydrogens is 240 g/mol. The molecule has 0 spiro atoms. The molecule has 1 aromatic heterocycles. The van der Waals surface area contributed by atoms with Gasteiger partial charge >= 0.3 is 5.97 Å². The molecule has 2 heterocycles. The van der Waals surface area contributed by atoms with Crippen molar-refractivity contribution in [3.05, 3.63) is 24.0 Å². The van der Waals surface area contributed by atoms with E-state index in [1.807, 2.05) is 29.8 Å². The smallest absolute Gasteiger partial charge is 0.354 e. The zero-order valence-electron chi connectivity index (χ0n) is 12.0. The van der Waals surface area contributed by atoms with E-state index in [-0.39, 0.29) is 5.97 Å². The summed E-state index contributed by atoms with van der Waals surface area (Å²) in [6.07, 6.45) is 6.97. The maximum absolute atomic E-state index is 11.8. The Labute approximate surface area is 115 Å². The van der Waals surface area contributed by atoms with E-state index < -0.39 is 0 Å². The summed E-state index contributed by atoms with van der Waals surface area (Å²) in [4.78, 5) is 14.2. The van der Waals surface area contributed by atoms with Crippen LogP contribution in [-0.2, 0) is 11.3 Å². The lowest BCUT2D eigenvalue weighted by Gasteiger charge is -2.32. The standard InChI is InChI=1S/C15H24N2O2/c1-3-19-15(18)14-8-6-11-17(14)12-9-13-7-4-5-10-16(13)2/h6,8,11,13H,3-5,7,9-10,12H2,1-2H3. The molecule has 1 fully saturated rings. The molecule has 0 saturated carbocycles. The molecule has 1 aliphatic rings. The van der Waals surface area contributed by atoms with E-state index in [0.717, 1.165) is 13.0 Å². The van der Waals surface area contributed by atoms with Crippen LogP contribution in [0.15, 0.2) is 18.3 Å². The Morgan fingerprint density at radius 1 is 1.47 bits per heavy atom. The van der Waals surface area contributed by atoms with Crippen molar-refractivity contribution in [1.82, 2.24) is 9.47 Å². The van der Waals surface area contributed by atoms with Crippen molar-refractivity contribution >= 4 is 5.97 Å². The van der Waals surface area contributed by atoms with Crippen molar-refractivity contribution in [2.45, 2.75) is 45.2 Å². The highest BCUT2D eigenvalue weighted by atomic mass is 16.5. The first kappa shape index (κ1) is 14.1. The van der Waals surface area contributed by atoms with Gasteiger partial charge in [-0.05, 0) is 51.9 Å². The van der Waals surface area contributed by atoms with E-state index >= 15 is 0 Å². The van der Waals surface area contributed by atoms with Crippen molar-refractivity contribution in [2.24, 2.45) is 0 Å². The third-order valence-corrected chi connectivity index (χ3v) is 3.94. The van der Waals surface area contributed by atoms with Crippen LogP contribution in [-0.4, -0.2) is 41.7 Å². The number of aryl methyl sites for hydroxylation is 1. The largest absolute Gasteiger partial charge is 0.461 e. The second-order valence-electron chi connectivity index (χ2n) is 5.23. The van der Waals surface area contributed by atoms with E-state index in [4.69, 9.17) is 4.74 Å². The molecule has 0 N–H and O–H groups in total. The average Bonchev–Trinajstić information content (AvgIpc) is 2.86. The highest BCUT2D eigenvalue weighted by Crippen LogP contribution is 2.19. The Balaban J connectivity index is 1.92. The maximum Gasteiger partial charge on any atom is 0.354 e. The molecule has 0 amide bonds. The number of hydrogen-bond acceptors (Lipinski definition) is 3. The van der Waals surface area contributed by atoms with Gasteiger partial charge in [-0.1, -0.05) is 6.42 Å². The van der Waals surface area contributed by atoms with Crippen LogP contribution in [0.2, 0.25) is 0 Å². The average molecular weight is 264 g/mol. The van der Waals surface area contributed by atoms with Gasteiger partial charge < -0.3 is 14.2 Å². The van der Waals surface area contributed by atoms with E-state index in [1.54, 1.807) is 0 Å². The number of rotatable bonds is 5. The first-order valence-electron chi connectivity index (χ1n) is 7.25. The molecule has 1 atom stereocenters. The van der Waals surface area contributed by atoms with Gasteiger partial charge in [-0.2, -0.15) is 0 Å². The number of hydrogen-bond donors (Lipinski definition) is 0. The van der Waals surface area contributed by atoms with Gasteiger partial charge in [0, 0.05) is 18.8 Å². The molecule has 0 aromatic carbocycles. The normalized spacial score (nSPS) is 20.4. The predicted octanol–water partition coefficient (Wildman–Crippen LogP) is 2.54. The summed E-state index contributed by atoms with van der Waals surface area (Å²) in [6.45, 7) is 4.34. The Bertz CT molecular complexity index is 414. The highest BCUT2D eigenvalue weighted by molar-refractivity contribution is 5.87. The van der Waals surface area contributed by atoms with Crippen LogP contribution in [0.5, 0.6) is 0 Å². The third-order valence-electron chi connectivity index (χ3n) is 3.94. The lowest BCUT2D eigenvalue weighted by molar-refractivity contribution is 0.0512. The van der Waals surface area contributed by atoms with Gasteiger partial charge in [-0.25, -0.2) is 4.79 Å². The Morgan fingerprint density at radius 3 is 3.05 bits per heavy atom. The van der Waals surface area contributed by atoms with Gasteiger partial charge in [-0.15, -0.1) is 0 Å². The molecule has 1 saturated heterocycles. The fraction of sp³-hybridized carbons (Fsp3) is 0.667. The predicted molar refractivity (Wildman–Crippen MR) is 75.3 cm³/mol. The lowest BCUT2D eigenvalue weighted by atomic mass is 10.0. The first-order valence-corrected chi connectivity index (χ1v) is 7.25. The fourth-order valence-corrected chi connectivity index (χ4v) is 2.80. The molecule has 1 unspecified atom stereocenters. The summed E-state index contributed by atoms with van der Waals surface area (Å²) in [5, 5.41) is 0. The monoisotopic (exact) mass is 264 g/mol. The second-order valence-corrected chi connectivity index (χ2v) is 5.23. The molecule has 19 heavy (non-hydrogen) atoms. The quantitative estimate of drug-likeness (QED) is 0.767. The summed E-state index contributed by atoms with van der Waals surface area (Å²) >= 11 is 0. The molecule has 1 aliphatic heterocycles. The number of nitrogens with zero attached hydrogens (tertiary/aromatic N) is 2. The molecule has 1 aromatic rings. The second kappa shape index (κ2) is 6.75. The van der Waals surface area contributed by atoms with E-state index in [1.165, 1.54) is 25.8 Å². The van der Waals surface area contributed by atoms with Gasteiger partial charge in [0.15, 0.2) is 0 Å². The number of ether oxygens (including phenoxy) is 1. The van der Waals surface area contributed by atoms with Crippen LogP contribution in [0.3, 0.4) is 0 Å². The molecule has 0 bridgehead atoms. The Morgan fingerprint density at radius 2 is 2.32 bits per heavy atom. The van der Waals surface area contributed by atoms with Gasteiger partial charge in [-0.3, -0.25) is 0 Å². The van der Waals surface area contributed by atoms with Gasteiger partial charge in [0.05, 0.1) is 6.61 Å². The van der Waals surface area contributed by atoms with Crippen LogP contribution in [0.25, 0.3) is 0 Å². The number of esters is 1. The molecule has 4 heteroatoms. The Hall–Kier alpha value is -1.29. The Kier molecular flexibility index (Phi) is 5.02. The van der Waals surface area contributed by atoms with Gasteiger partial charge in [0.25, 0.3) is 0 Å². The summed E-state index contributed by atoms with van der Waals surface area (Å²) in [7, 11) is 2.20. The van der Waals surface area contributed by atoms with Crippen molar-refractivity contribution in [3.63, 3.8) is 0 Å². The summed E-state index contributed by atoms with van der Waals surface area (Å²) in [6, 6.07) is 4.39. The van der Waals surface area contributed by atoms with Crippen LogP contribution in [0.4, 0.5) is 0 Å². The van der Waals surface area contributed by atoms with Crippen molar-refractivity contribution in [2.75, 3.05) is 20.2 Å². The van der Waals surface area contributed by atoms with Crippen LogP contribution in [0.1, 0.15) is 43.1 Å². The maximum atomic E-state index is 11.8. The molecule has 4 nitrogen and oxygen atoms in total. The summed E-state index contributed by atoms with van der Waals surface area (Å²) in [5.74, 6) is -0.218.